The van der Waals surface area contributed by atoms with Gasteiger partial charge in [-0.3, -0.25) is 37.8 Å². The Bertz CT molecular complexity index is 6570. The lowest BCUT2D eigenvalue weighted by molar-refractivity contribution is -0.114. The number of fused-ring (bicyclic) bond motifs is 1. The van der Waals surface area contributed by atoms with Gasteiger partial charge in [0.05, 0.1) is 93.5 Å². The van der Waals surface area contributed by atoms with Crippen LogP contribution >= 0.6 is 128 Å². The number of unbranched alkanes of at least 4 members (excludes halogenated alkanes) is 1. The van der Waals surface area contributed by atoms with Crippen molar-refractivity contribution in [2.75, 3.05) is 77.1 Å². The molecule has 718 valence electrons. The largest absolute Gasteiger partial charge is 0.507 e. The van der Waals surface area contributed by atoms with E-state index in [1.165, 1.54) is 67.6 Å². The molecular formula is C101H97Cl11N10O14S. The molecule has 2 heterocycles. The van der Waals surface area contributed by atoms with Gasteiger partial charge in [0.25, 0.3) is 35.4 Å². The van der Waals surface area contributed by atoms with E-state index in [-0.39, 0.29) is 74.7 Å². The van der Waals surface area contributed by atoms with Crippen molar-refractivity contribution >= 4 is 230 Å². The number of halogens is 11. The van der Waals surface area contributed by atoms with Crippen LogP contribution in [0.3, 0.4) is 0 Å². The molecule has 1 fully saturated rings. The minimum Gasteiger partial charge on any atom is -0.507 e. The van der Waals surface area contributed by atoms with Crippen LogP contribution in [0.15, 0.2) is 229 Å². The summed E-state index contributed by atoms with van der Waals surface area (Å²) in [6.45, 7) is 14.5. The normalized spacial score (nSPS) is 13.0. The quantitative estimate of drug-likeness (QED) is 0.0197. The predicted octanol–water partition coefficient (Wildman–Crippen LogP) is 25.9. The number of phenols is 3. The summed E-state index contributed by atoms with van der Waals surface area (Å²) < 4.78 is 29.7. The number of aryl methyl sites for hydroxylation is 4. The maximum absolute atomic E-state index is 12.8. The van der Waals surface area contributed by atoms with Crippen molar-refractivity contribution in [2.24, 2.45) is 11.5 Å². The van der Waals surface area contributed by atoms with Gasteiger partial charge in [-0.15, -0.1) is 0 Å². The second kappa shape index (κ2) is 52.4. The highest BCUT2D eigenvalue weighted by Crippen LogP contribution is 2.37. The number of nitrogens with two attached hydrogens (primary N) is 2. The first-order chi connectivity index (χ1) is 65.0. The van der Waals surface area contributed by atoms with Gasteiger partial charge in [-0.05, 0) is 307 Å². The Balaban J connectivity index is 0.000000185. The second-order valence-corrected chi connectivity index (χ2v) is 38.0. The summed E-state index contributed by atoms with van der Waals surface area (Å²) in [6.07, 6.45) is 6.20. The molecule has 2 atom stereocenters. The summed E-state index contributed by atoms with van der Waals surface area (Å²) >= 11 is 66.2. The van der Waals surface area contributed by atoms with E-state index in [0.717, 1.165) is 73.0 Å². The number of nitrogens with one attached hydrogen (secondary N) is 7. The van der Waals surface area contributed by atoms with Gasteiger partial charge in [0.2, 0.25) is 5.91 Å². The lowest BCUT2D eigenvalue weighted by atomic mass is 10.1. The summed E-state index contributed by atoms with van der Waals surface area (Å²) in [5.74, 6) is 1.97. The number of likely N-dealkylation sites (tertiary alicyclic amines) is 1. The Hall–Kier alpha value is -11.4. The number of amides is 7. The van der Waals surface area contributed by atoms with Crippen LogP contribution in [0.1, 0.15) is 136 Å². The number of hydrogen-bond acceptors (Lipinski definition) is 17. The molecule has 1 saturated heterocycles. The number of hydrogen-bond donors (Lipinski definition) is 12. The summed E-state index contributed by atoms with van der Waals surface area (Å²) in [4.78, 5) is 88.2. The van der Waals surface area contributed by atoms with E-state index in [0.29, 0.717) is 149 Å². The SMILES string of the molecule is C=S1(=O)C=Cc2ccc(NC(=O)c3cc(Cl)ccc3O)cc21.CC(=O)Nc1ccc(NC(=O)c2cc(Cl)ccc2O)c(Cl)c1.CC[C@H](N)COc1ccc(Cl)cc1C(=O)Nc1ccc(C)cc1Cl.Cc1ccc(NC(=O)c2cc(Cl)ccc2O)c(Cl)c1.Cc1ccc(NC(=O)c2cc(Cl)ccc2OC2CCN(C)CC2)c(Cl)c1.Cc1ccc(NC(=O)c2cc(Cl)ccc2OCCCCN)c(Cl)c1. The number of ether oxygens (including phenoxy) is 3. The highest BCUT2D eigenvalue weighted by molar-refractivity contribution is 8.03. The Morgan fingerprint density at radius 1 is 0.423 bits per heavy atom. The van der Waals surface area contributed by atoms with E-state index in [1.807, 2.05) is 65.0 Å². The van der Waals surface area contributed by atoms with Crippen LogP contribution in [0.4, 0.5) is 39.8 Å². The van der Waals surface area contributed by atoms with Gasteiger partial charge in [-0.25, -0.2) is 0 Å². The van der Waals surface area contributed by atoms with Crippen molar-refractivity contribution in [2.45, 2.75) is 90.7 Å². The van der Waals surface area contributed by atoms with Gasteiger partial charge in [-0.2, -0.15) is 0 Å². The van der Waals surface area contributed by atoms with E-state index >= 15 is 0 Å². The van der Waals surface area contributed by atoms with Gasteiger partial charge in [0.15, 0.2) is 0 Å². The first kappa shape index (κ1) is 109. The monoisotopic (exact) mass is 2090 g/mol. The molecule has 0 aliphatic carbocycles. The second-order valence-electron chi connectivity index (χ2n) is 31.2. The molecule has 2 aliphatic rings. The summed E-state index contributed by atoms with van der Waals surface area (Å²) in [6, 6.07) is 58.9. The van der Waals surface area contributed by atoms with E-state index < -0.39 is 27.2 Å². The van der Waals surface area contributed by atoms with Crippen molar-refractivity contribution in [1.82, 2.24) is 4.90 Å². The number of nitrogens with zero attached hydrogens (tertiary/aromatic N) is 1. The molecular weight excluding hydrogens is 2000 g/mol. The van der Waals surface area contributed by atoms with Gasteiger partial charge < -0.3 is 83.1 Å². The number of anilines is 7. The Morgan fingerprint density at radius 2 is 0.752 bits per heavy atom. The van der Waals surface area contributed by atoms with Gasteiger partial charge in [-0.1, -0.05) is 165 Å². The molecule has 12 aromatic rings. The van der Waals surface area contributed by atoms with Crippen LogP contribution in [0.25, 0.3) is 6.08 Å². The topological polar surface area (TPSA) is 364 Å². The molecule has 24 nitrogen and oxygen atoms in total. The molecule has 36 heteroatoms. The lowest BCUT2D eigenvalue weighted by Gasteiger charge is -2.29. The zero-order valence-electron chi connectivity index (χ0n) is 74.9. The minimum absolute atomic E-state index is 0.0366. The van der Waals surface area contributed by atoms with Gasteiger partial charge in [0, 0.05) is 82.0 Å². The molecule has 0 bridgehead atoms. The van der Waals surface area contributed by atoms with Crippen LogP contribution < -0.4 is 62.9 Å². The van der Waals surface area contributed by atoms with E-state index in [9.17, 15) is 53.1 Å². The number of carbonyl (C=O) groups is 7. The van der Waals surface area contributed by atoms with Crippen LogP contribution in [-0.2, 0) is 14.3 Å². The smallest absolute Gasteiger partial charge is 0.259 e. The third-order valence-electron chi connectivity index (χ3n) is 20.1. The summed E-state index contributed by atoms with van der Waals surface area (Å²) in [5, 5.41) is 54.1. The number of carbonyl (C=O) groups excluding carboxylic acids is 7. The highest BCUT2D eigenvalue weighted by atomic mass is 35.5. The molecule has 14 rings (SSSR count). The molecule has 0 radical (unpaired) electrons. The summed E-state index contributed by atoms with van der Waals surface area (Å²) in [5.41, 5.74) is 21.0. The van der Waals surface area contributed by atoms with Crippen LogP contribution in [0.2, 0.25) is 55.2 Å². The van der Waals surface area contributed by atoms with E-state index in [2.05, 4.69) is 55.0 Å². The first-order valence-electron chi connectivity index (χ1n) is 42.1. The molecule has 2 aliphatic heterocycles. The minimum atomic E-state index is -2.45. The average molecular weight is 2100 g/mol. The highest BCUT2D eigenvalue weighted by Gasteiger charge is 2.26. The van der Waals surface area contributed by atoms with Crippen LogP contribution in [0.5, 0.6) is 34.5 Å². The fourth-order valence-corrected chi connectivity index (χ4v) is 16.5. The Morgan fingerprint density at radius 3 is 1.12 bits per heavy atom. The molecule has 14 N–H and O–H groups in total. The molecule has 0 aromatic heterocycles. The van der Waals surface area contributed by atoms with Crippen LogP contribution in [-0.4, -0.2) is 124 Å². The van der Waals surface area contributed by atoms with E-state index in [1.54, 1.807) is 139 Å². The van der Waals surface area contributed by atoms with Crippen molar-refractivity contribution in [3.63, 3.8) is 0 Å². The van der Waals surface area contributed by atoms with E-state index in [4.69, 9.17) is 153 Å². The molecule has 137 heavy (non-hydrogen) atoms. The van der Waals surface area contributed by atoms with Crippen molar-refractivity contribution in [1.29, 1.82) is 0 Å². The van der Waals surface area contributed by atoms with Gasteiger partial charge in [0.1, 0.15) is 47.2 Å². The third kappa shape index (κ3) is 33.7. The summed E-state index contributed by atoms with van der Waals surface area (Å²) in [7, 11) is -0.346. The third-order valence-corrected chi connectivity index (χ3v) is 24.7. The Kier molecular flexibility index (Phi) is 41.7. The average Bonchev–Trinajstić information content (AvgIpc) is 1.63. The molecule has 7 amide bonds. The van der Waals surface area contributed by atoms with Crippen molar-refractivity contribution < 1.29 is 67.3 Å². The maximum atomic E-state index is 12.8. The number of rotatable bonds is 24. The number of phenolic OH excluding ortho intramolecular Hbond substituents is 3. The zero-order chi connectivity index (χ0) is 100. The maximum Gasteiger partial charge on any atom is 0.259 e. The van der Waals surface area contributed by atoms with Gasteiger partial charge >= 0.3 is 0 Å². The number of piperidine rings is 1. The number of benzene rings is 12. The van der Waals surface area contributed by atoms with Crippen molar-refractivity contribution in [3.05, 3.63) is 340 Å². The predicted molar refractivity (Wildman–Crippen MR) is 560 cm³/mol. The molecule has 12 aromatic carbocycles. The lowest BCUT2D eigenvalue weighted by Crippen LogP contribution is -2.36. The molecule has 0 saturated carbocycles. The first-order valence-corrected chi connectivity index (χ1v) is 48.1. The van der Waals surface area contributed by atoms with Crippen LogP contribution in [0, 0.1) is 27.7 Å². The van der Waals surface area contributed by atoms with Crippen molar-refractivity contribution in [3.8, 4) is 34.5 Å². The zero-order valence-corrected chi connectivity index (χ0v) is 84.0. The molecule has 1 unspecified atom stereocenters. The Labute approximate surface area is 849 Å². The fraction of sp³-hybridized carbons (Fsp3) is 0.188. The fourth-order valence-electron chi connectivity index (χ4n) is 12.7. The standard InChI is InChI=1S/C20H22Cl2N2O2.2C18H20Cl2N2O2.C16H12ClNO3S.C15H12Cl2N2O3.C14H11Cl2NO2/c1-13-3-5-18(17(22)11-13)23-20(25)16-12-14(21)4-6-19(16)26-15-7-9-24(2)10-8-15;1-12-4-6-16(15(20)10-12)22-18(23)14-11-13(19)5-7-17(14)24-9-3-2-8-21;1-3-13(21)10-24-17-7-5-12(19)9-14(17)18(23)22-16-6-4-11(2)8-15(16)20;1-22(21)7-6-10-2-4-12(9-15(10)22)18-16(20)13-8-11(17)3-5-14(13)19;1-8(20)18-10-3-4-13(12(17)7-10)19-15(22)11-6-9(16)2-5-14(11)21;1-8-2-4-12(11(16)6-8)17-14(19)10-7-9(15)3-5-13(10)18/h3-6,11-12,15H,7-10H2,1-2H3,(H,23,25);4-7,10-11H,2-3,8-9,21H2,1H3,(H,22,23);4-9,13H,3,10,21H2,1-2H3,(H,22,23);2-9,19H,1H2,(H,18,20);2-7,21H,1H3,(H,18,20)(H,19,22);2-7,18H,1H3,(H,17,19)/t;;13-;;;/m..0.../s1. The number of aromatic hydroxyl groups is 3. The molecule has 0 spiro atoms.